The Morgan fingerprint density at radius 2 is 1.81 bits per heavy atom. The summed E-state index contributed by atoms with van der Waals surface area (Å²) in [5, 5.41) is 25.1. The first kappa shape index (κ1) is 25.6. The summed E-state index contributed by atoms with van der Waals surface area (Å²) in [4.78, 5) is 65.1. The molecule has 3 amide bonds. The van der Waals surface area contributed by atoms with Crippen molar-refractivity contribution < 1.29 is 34.2 Å². The number of hydrogen-bond acceptors (Lipinski definition) is 7. The number of nitrogens with zero attached hydrogens (tertiary/aromatic N) is 1. The molecule has 1 heterocycles. The number of amides is 3. The molecule has 172 valence electrons. The van der Waals surface area contributed by atoms with Gasteiger partial charge in [0.25, 0.3) is 0 Å². The van der Waals surface area contributed by atoms with Gasteiger partial charge in [0.05, 0.1) is 18.9 Å². The van der Waals surface area contributed by atoms with Gasteiger partial charge in [-0.05, 0) is 12.3 Å². The normalized spacial score (nSPS) is 13.7. The lowest BCUT2D eigenvalue weighted by Crippen LogP contribution is -2.55. The molecule has 0 spiro atoms. The molecule has 13 nitrogen and oxygen atoms in total. The summed E-state index contributed by atoms with van der Waals surface area (Å²) in [7, 11) is 0. The number of hydrogen-bond donors (Lipinski definition) is 7. The number of nitrogens with one attached hydrogen (secondary N) is 4. The van der Waals surface area contributed by atoms with Crippen LogP contribution in [0, 0.1) is 5.92 Å². The first-order valence-electron chi connectivity index (χ1n) is 9.56. The second-order valence-corrected chi connectivity index (χ2v) is 7.23. The fourth-order valence-corrected chi connectivity index (χ4v) is 2.55. The van der Waals surface area contributed by atoms with Gasteiger partial charge in [0.1, 0.15) is 12.1 Å². The van der Waals surface area contributed by atoms with E-state index in [9.17, 15) is 29.1 Å². The SMILES string of the molecule is CC(C)C(NC(=O)CNC(=O)C(N)CCC(=O)O)C(=O)NC(Cc1cnc[nH]1)C(=O)O. The molecule has 3 unspecified atom stereocenters. The molecule has 0 saturated carbocycles. The van der Waals surface area contributed by atoms with Crippen LogP contribution in [0.15, 0.2) is 12.5 Å². The second kappa shape index (κ2) is 12.3. The topological polar surface area (TPSA) is 217 Å². The number of carbonyl (C=O) groups excluding carboxylic acids is 3. The minimum atomic E-state index is -1.25. The van der Waals surface area contributed by atoms with Crippen LogP contribution in [0.3, 0.4) is 0 Å². The third-order valence-corrected chi connectivity index (χ3v) is 4.29. The molecular weight excluding hydrogens is 412 g/mol. The Hall–Kier alpha value is -3.48. The number of aromatic amines is 1. The number of carbonyl (C=O) groups is 5. The molecule has 0 aliphatic carbocycles. The number of imidazole rings is 1. The van der Waals surface area contributed by atoms with Crippen LogP contribution in [0.1, 0.15) is 32.4 Å². The highest BCUT2D eigenvalue weighted by atomic mass is 16.4. The lowest BCUT2D eigenvalue weighted by atomic mass is 10.0. The van der Waals surface area contributed by atoms with Gasteiger partial charge >= 0.3 is 11.9 Å². The number of rotatable bonds is 13. The van der Waals surface area contributed by atoms with Gasteiger partial charge in [0.15, 0.2) is 0 Å². The zero-order valence-electron chi connectivity index (χ0n) is 17.3. The molecule has 1 aromatic rings. The van der Waals surface area contributed by atoms with E-state index in [1.807, 2.05) is 0 Å². The molecule has 0 aliphatic rings. The van der Waals surface area contributed by atoms with Crippen molar-refractivity contribution in [3.8, 4) is 0 Å². The van der Waals surface area contributed by atoms with Crippen LogP contribution >= 0.6 is 0 Å². The van der Waals surface area contributed by atoms with Crippen LogP contribution in [0.25, 0.3) is 0 Å². The van der Waals surface area contributed by atoms with Crippen molar-refractivity contribution in [2.24, 2.45) is 11.7 Å². The Balaban J connectivity index is 2.62. The van der Waals surface area contributed by atoms with Crippen molar-refractivity contribution in [2.45, 2.75) is 51.2 Å². The molecule has 0 saturated heterocycles. The van der Waals surface area contributed by atoms with Gasteiger partial charge in [-0.25, -0.2) is 9.78 Å². The van der Waals surface area contributed by atoms with Crippen molar-refractivity contribution in [1.82, 2.24) is 25.9 Å². The first-order chi connectivity index (χ1) is 14.5. The minimum absolute atomic E-state index is 0.0237. The Morgan fingerprint density at radius 3 is 2.32 bits per heavy atom. The fourth-order valence-electron chi connectivity index (χ4n) is 2.55. The van der Waals surface area contributed by atoms with Gasteiger partial charge in [0.2, 0.25) is 17.7 Å². The molecule has 1 rings (SSSR count). The van der Waals surface area contributed by atoms with Crippen molar-refractivity contribution in [3.63, 3.8) is 0 Å². The molecule has 8 N–H and O–H groups in total. The van der Waals surface area contributed by atoms with Crippen molar-refractivity contribution >= 4 is 29.7 Å². The molecular formula is C18H28N6O7. The average molecular weight is 440 g/mol. The summed E-state index contributed by atoms with van der Waals surface area (Å²) in [6.07, 6.45) is 2.42. The maximum absolute atomic E-state index is 12.6. The van der Waals surface area contributed by atoms with E-state index in [0.29, 0.717) is 5.69 Å². The Kier molecular flexibility index (Phi) is 10.1. The zero-order chi connectivity index (χ0) is 23.6. The monoisotopic (exact) mass is 440 g/mol. The minimum Gasteiger partial charge on any atom is -0.481 e. The van der Waals surface area contributed by atoms with Crippen LogP contribution < -0.4 is 21.7 Å². The molecule has 1 aromatic heterocycles. The van der Waals surface area contributed by atoms with Gasteiger partial charge in [0, 0.05) is 24.7 Å². The van der Waals surface area contributed by atoms with Crippen LogP contribution in [0.2, 0.25) is 0 Å². The lowest BCUT2D eigenvalue weighted by Gasteiger charge is -2.24. The summed E-state index contributed by atoms with van der Waals surface area (Å²) in [6.45, 7) is 2.85. The molecule has 0 bridgehead atoms. The summed E-state index contributed by atoms with van der Waals surface area (Å²) >= 11 is 0. The van der Waals surface area contributed by atoms with Gasteiger partial charge in [-0.3, -0.25) is 19.2 Å². The van der Waals surface area contributed by atoms with Crippen LogP contribution in [-0.4, -0.2) is 74.5 Å². The zero-order valence-corrected chi connectivity index (χ0v) is 17.3. The van der Waals surface area contributed by atoms with Gasteiger partial charge in [-0.2, -0.15) is 0 Å². The number of carboxylic acid groups (broad SMARTS) is 2. The maximum atomic E-state index is 12.6. The summed E-state index contributed by atoms with van der Waals surface area (Å²) in [5.41, 5.74) is 6.07. The third-order valence-electron chi connectivity index (χ3n) is 4.29. The molecule has 0 aliphatic heterocycles. The fraction of sp³-hybridized carbons (Fsp3) is 0.556. The molecule has 0 radical (unpaired) electrons. The Morgan fingerprint density at radius 1 is 1.13 bits per heavy atom. The number of nitrogens with two attached hydrogens (primary N) is 1. The van der Waals surface area contributed by atoms with Crippen molar-refractivity contribution in [3.05, 3.63) is 18.2 Å². The number of carboxylic acids is 2. The third kappa shape index (κ3) is 9.25. The smallest absolute Gasteiger partial charge is 0.326 e. The molecule has 13 heteroatoms. The summed E-state index contributed by atoms with van der Waals surface area (Å²) in [5.74, 6) is -4.81. The summed E-state index contributed by atoms with van der Waals surface area (Å²) in [6, 6.07) is -3.38. The van der Waals surface area contributed by atoms with Crippen LogP contribution in [0.4, 0.5) is 0 Å². The Labute approximate surface area is 178 Å². The standard InChI is InChI=1S/C18H28N6O7/c1-9(2)15(17(29)23-12(18(30)31)5-10-6-20-8-22-10)24-13(25)7-21-16(28)11(19)3-4-14(26)27/h6,8-9,11-12,15H,3-5,7,19H2,1-2H3,(H,20,22)(H,21,28)(H,23,29)(H,24,25)(H,26,27)(H,30,31). The highest BCUT2D eigenvalue weighted by Gasteiger charge is 2.29. The van der Waals surface area contributed by atoms with Crippen molar-refractivity contribution in [2.75, 3.05) is 6.54 Å². The number of aromatic nitrogens is 2. The second-order valence-electron chi connectivity index (χ2n) is 7.23. The van der Waals surface area contributed by atoms with Crippen LogP contribution in [0.5, 0.6) is 0 Å². The van der Waals surface area contributed by atoms with E-state index in [-0.39, 0.29) is 25.2 Å². The van der Waals surface area contributed by atoms with Crippen molar-refractivity contribution in [1.29, 1.82) is 0 Å². The number of aliphatic carboxylic acids is 2. The lowest BCUT2D eigenvalue weighted by molar-refractivity contribution is -0.142. The maximum Gasteiger partial charge on any atom is 0.326 e. The average Bonchev–Trinajstić information content (AvgIpc) is 3.20. The van der Waals surface area contributed by atoms with Gasteiger partial charge < -0.3 is 36.9 Å². The molecule has 0 fully saturated rings. The molecule has 31 heavy (non-hydrogen) atoms. The predicted octanol–water partition coefficient (Wildman–Crippen LogP) is -2.03. The van der Waals surface area contributed by atoms with E-state index in [4.69, 9.17) is 10.8 Å². The molecule has 3 atom stereocenters. The van der Waals surface area contributed by atoms with Gasteiger partial charge in [-0.1, -0.05) is 13.8 Å². The Bertz CT molecular complexity index is 780. The quantitative estimate of drug-likeness (QED) is 0.180. The van der Waals surface area contributed by atoms with E-state index < -0.39 is 54.3 Å². The van der Waals surface area contributed by atoms with E-state index in [0.717, 1.165) is 0 Å². The highest BCUT2D eigenvalue weighted by Crippen LogP contribution is 2.05. The van der Waals surface area contributed by atoms with E-state index >= 15 is 0 Å². The van der Waals surface area contributed by atoms with E-state index in [2.05, 4.69) is 25.9 Å². The summed E-state index contributed by atoms with van der Waals surface area (Å²) < 4.78 is 0. The molecule has 0 aromatic carbocycles. The largest absolute Gasteiger partial charge is 0.481 e. The van der Waals surface area contributed by atoms with E-state index in [1.54, 1.807) is 13.8 Å². The predicted molar refractivity (Wildman–Crippen MR) is 106 cm³/mol. The first-order valence-corrected chi connectivity index (χ1v) is 9.56. The van der Waals surface area contributed by atoms with Gasteiger partial charge in [-0.15, -0.1) is 0 Å². The van der Waals surface area contributed by atoms with Crippen LogP contribution in [-0.2, 0) is 30.4 Å². The highest BCUT2D eigenvalue weighted by molar-refractivity contribution is 5.92. The van der Waals surface area contributed by atoms with E-state index in [1.165, 1.54) is 12.5 Å². The number of H-pyrrole nitrogens is 1.